The van der Waals surface area contributed by atoms with E-state index in [-0.39, 0.29) is 33.7 Å². The molecule has 2 N–H and O–H groups in total. The van der Waals surface area contributed by atoms with Gasteiger partial charge in [-0.3, -0.25) is 19.7 Å². The van der Waals surface area contributed by atoms with Crippen molar-refractivity contribution in [2.75, 3.05) is 10.6 Å². The number of anilines is 2. The molecule has 118 valence electrons. The number of pyridine rings is 1. The Morgan fingerprint density at radius 1 is 1.22 bits per heavy atom. The van der Waals surface area contributed by atoms with Crippen LogP contribution < -0.4 is 10.6 Å². The summed E-state index contributed by atoms with van der Waals surface area (Å²) in [6.07, 6.45) is 1.37. The third-order valence-corrected chi connectivity index (χ3v) is 3.05. The van der Waals surface area contributed by atoms with Gasteiger partial charge in [-0.05, 0) is 24.3 Å². The molecule has 8 nitrogen and oxygen atoms in total. The number of carbonyl (C=O) groups is 2. The highest BCUT2D eigenvalue weighted by Crippen LogP contribution is 2.27. The van der Waals surface area contributed by atoms with Gasteiger partial charge in [-0.2, -0.15) is 0 Å². The summed E-state index contributed by atoms with van der Waals surface area (Å²) in [5.41, 5.74) is 0.156. The van der Waals surface area contributed by atoms with Gasteiger partial charge in [0.15, 0.2) is 0 Å². The molecule has 0 radical (unpaired) electrons. The Morgan fingerprint density at radius 3 is 2.61 bits per heavy atom. The first-order valence-corrected chi connectivity index (χ1v) is 6.73. The van der Waals surface area contributed by atoms with Gasteiger partial charge >= 0.3 is 0 Å². The van der Waals surface area contributed by atoms with Crippen molar-refractivity contribution in [1.29, 1.82) is 0 Å². The van der Waals surface area contributed by atoms with E-state index in [1.54, 1.807) is 0 Å². The SMILES string of the molecule is CC(=O)Nc1cc(C(=O)Nc2ccc(Cl)c([N+](=O)[O-])c2)ccn1. The second-order valence-corrected chi connectivity index (χ2v) is 4.90. The number of halogens is 1. The summed E-state index contributed by atoms with van der Waals surface area (Å²) in [4.78, 5) is 37.3. The quantitative estimate of drug-likeness (QED) is 0.659. The molecule has 0 spiro atoms. The summed E-state index contributed by atoms with van der Waals surface area (Å²) in [6.45, 7) is 1.32. The smallest absolute Gasteiger partial charge is 0.289 e. The normalized spacial score (nSPS) is 10.0. The van der Waals surface area contributed by atoms with Crippen LogP contribution in [0, 0.1) is 10.1 Å². The number of nitro benzene ring substituents is 1. The first kappa shape index (κ1) is 16.4. The number of carbonyl (C=O) groups excluding carboxylic acids is 2. The minimum atomic E-state index is -0.640. The summed E-state index contributed by atoms with van der Waals surface area (Å²) in [5.74, 6) is -0.591. The van der Waals surface area contributed by atoms with Crippen molar-refractivity contribution in [3.8, 4) is 0 Å². The minimum absolute atomic E-state index is 0.0233. The van der Waals surface area contributed by atoms with Crippen molar-refractivity contribution in [1.82, 2.24) is 4.98 Å². The number of hydrogen-bond acceptors (Lipinski definition) is 5. The van der Waals surface area contributed by atoms with Crippen LogP contribution in [0.25, 0.3) is 0 Å². The summed E-state index contributed by atoms with van der Waals surface area (Å²) in [6, 6.07) is 6.77. The molecule has 0 saturated carbocycles. The molecule has 9 heteroatoms. The van der Waals surface area contributed by atoms with Gasteiger partial charge in [0.25, 0.3) is 11.6 Å². The number of nitro groups is 1. The second kappa shape index (κ2) is 6.84. The number of aromatic nitrogens is 1. The number of benzene rings is 1. The number of hydrogen-bond donors (Lipinski definition) is 2. The first-order chi connectivity index (χ1) is 10.9. The largest absolute Gasteiger partial charge is 0.322 e. The Hall–Kier alpha value is -3.00. The lowest BCUT2D eigenvalue weighted by molar-refractivity contribution is -0.384. The van der Waals surface area contributed by atoms with E-state index in [0.29, 0.717) is 0 Å². The molecule has 0 fully saturated rings. The van der Waals surface area contributed by atoms with Crippen molar-refractivity contribution in [2.45, 2.75) is 6.92 Å². The molecule has 1 aromatic carbocycles. The average molecular weight is 335 g/mol. The van der Waals surface area contributed by atoms with Crippen molar-refractivity contribution >= 4 is 40.6 Å². The van der Waals surface area contributed by atoms with E-state index < -0.39 is 10.8 Å². The molecule has 23 heavy (non-hydrogen) atoms. The van der Waals surface area contributed by atoms with Crippen LogP contribution in [0.2, 0.25) is 5.02 Å². The molecule has 0 aliphatic heterocycles. The van der Waals surface area contributed by atoms with Crippen molar-refractivity contribution in [2.24, 2.45) is 0 Å². The predicted molar refractivity (Wildman–Crippen MR) is 84.6 cm³/mol. The van der Waals surface area contributed by atoms with E-state index in [1.807, 2.05) is 0 Å². The third-order valence-electron chi connectivity index (χ3n) is 2.73. The zero-order valence-electron chi connectivity index (χ0n) is 11.9. The molecule has 2 rings (SSSR count). The van der Waals surface area contributed by atoms with E-state index in [1.165, 1.54) is 37.4 Å². The highest BCUT2D eigenvalue weighted by molar-refractivity contribution is 6.32. The van der Waals surface area contributed by atoms with Crippen LogP contribution >= 0.6 is 11.6 Å². The van der Waals surface area contributed by atoms with E-state index in [4.69, 9.17) is 11.6 Å². The van der Waals surface area contributed by atoms with E-state index in [2.05, 4.69) is 15.6 Å². The molecule has 0 unspecified atom stereocenters. The van der Waals surface area contributed by atoms with Gasteiger partial charge in [0.1, 0.15) is 10.8 Å². The summed E-state index contributed by atoms with van der Waals surface area (Å²) in [7, 11) is 0. The molecule has 1 aromatic heterocycles. The van der Waals surface area contributed by atoms with Crippen molar-refractivity contribution in [3.05, 3.63) is 57.2 Å². The third kappa shape index (κ3) is 4.24. The molecule has 0 saturated heterocycles. The Balaban J connectivity index is 2.21. The molecular weight excluding hydrogens is 324 g/mol. The minimum Gasteiger partial charge on any atom is -0.322 e. The van der Waals surface area contributed by atoms with Crippen LogP contribution in [0.15, 0.2) is 36.5 Å². The second-order valence-electron chi connectivity index (χ2n) is 4.49. The molecule has 0 atom stereocenters. The molecular formula is C14H11ClN4O4. The van der Waals surface area contributed by atoms with E-state index in [0.717, 1.165) is 6.07 Å². The summed E-state index contributed by atoms with van der Waals surface area (Å²) < 4.78 is 0. The monoisotopic (exact) mass is 334 g/mol. The van der Waals surface area contributed by atoms with Crippen molar-refractivity contribution in [3.63, 3.8) is 0 Å². The Bertz CT molecular complexity index is 794. The zero-order valence-corrected chi connectivity index (χ0v) is 12.6. The Kier molecular flexibility index (Phi) is 4.87. The Morgan fingerprint density at radius 2 is 1.96 bits per heavy atom. The van der Waals surface area contributed by atoms with Crippen LogP contribution in [-0.2, 0) is 4.79 Å². The summed E-state index contributed by atoms with van der Waals surface area (Å²) in [5, 5.41) is 15.8. The fourth-order valence-corrected chi connectivity index (χ4v) is 1.94. The highest BCUT2D eigenvalue weighted by atomic mass is 35.5. The fraction of sp³-hybridized carbons (Fsp3) is 0.0714. The van der Waals surface area contributed by atoms with Gasteiger partial charge < -0.3 is 10.6 Å². The molecule has 0 aliphatic rings. The van der Waals surface area contributed by atoms with E-state index >= 15 is 0 Å². The number of nitrogens with zero attached hydrogens (tertiary/aromatic N) is 2. The molecule has 0 bridgehead atoms. The maximum atomic E-state index is 12.2. The lowest BCUT2D eigenvalue weighted by Gasteiger charge is -2.07. The number of rotatable bonds is 4. The number of nitrogens with one attached hydrogen (secondary N) is 2. The predicted octanol–water partition coefficient (Wildman–Crippen LogP) is 2.85. The molecule has 0 aliphatic carbocycles. The maximum Gasteiger partial charge on any atom is 0.289 e. The molecule has 1 heterocycles. The fourth-order valence-electron chi connectivity index (χ4n) is 1.75. The molecule has 2 aromatic rings. The average Bonchev–Trinajstić information content (AvgIpc) is 2.48. The van der Waals surface area contributed by atoms with Crippen LogP contribution in [0.1, 0.15) is 17.3 Å². The van der Waals surface area contributed by atoms with Crippen molar-refractivity contribution < 1.29 is 14.5 Å². The lowest BCUT2D eigenvalue weighted by Crippen LogP contribution is -2.14. The van der Waals surface area contributed by atoms with Gasteiger partial charge in [-0.1, -0.05) is 11.6 Å². The zero-order chi connectivity index (χ0) is 17.0. The topological polar surface area (TPSA) is 114 Å². The summed E-state index contributed by atoms with van der Waals surface area (Å²) >= 11 is 5.71. The van der Waals surface area contributed by atoms with Gasteiger partial charge in [0, 0.05) is 30.4 Å². The standard InChI is InChI=1S/C14H11ClN4O4/c1-8(20)17-13-6-9(4-5-16-13)14(21)18-10-2-3-11(15)12(7-10)19(22)23/h2-7H,1H3,(H,18,21)(H,16,17,20). The van der Waals surface area contributed by atoms with Crippen LogP contribution in [0.4, 0.5) is 17.2 Å². The highest BCUT2D eigenvalue weighted by Gasteiger charge is 2.15. The maximum absolute atomic E-state index is 12.2. The van der Waals surface area contributed by atoms with Crippen LogP contribution in [0.5, 0.6) is 0 Å². The van der Waals surface area contributed by atoms with Gasteiger partial charge in [-0.25, -0.2) is 4.98 Å². The first-order valence-electron chi connectivity index (χ1n) is 6.36. The molecule has 2 amide bonds. The van der Waals surface area contributed by atoms with Gasteiger partial charge in [0.2, 0.25) is 5.91 Å². The van der Waals surface area contributed by atoms with Crippen LogP contribution in [-0.4, -0.2) is 21.7 Å². The Labute approximate surface area is 135 Å². The van der Waals surface area contributed by atoms with Gasteiger partial charge in [0.05, 0.1) is 4.92 Å². The van der Waals surface area contributed by atoms with E-state index in [9.17, 15) is 19.7 Å². The number of amides is 2. The lowest BCUT2D eigenvalue weighted by atomic mass is 10.2. The van der Waals surface area contributed by atoms with Gasteiger partial charge in [-0.15, -0.1) is 0 Å². The van der Waals surface area contributed by atoms with Crippen LogP contribution in [0.3, 0.4) is 0 Å².